The molecule has 1 atom stereocenters. The lowest BCUT2D eigenvalue weighted by atomic mass is 10.00. The zero-order valence-corrected chi connectivity index (χ0v) is 17.9. The van der Waals surface area contributed by atoms with Crippen molar-refractivity contribution in [1.82, 2.24) is 5.32 Å². The Kier molecular flexibility index (Phi) is 6.17. The van der Waals surface area contributed by atoms with Crippen molar-refractivity contribution in [2.75, 3.05) is 12.4 Å². The molecule has 0 spiro atoms. The molecule has 2 aromatic rings. The second kappa shape index (κ2) is 8.40. The molecular weight excluding hydrogens is 376 g/mol. The van der Waals surface area contributed by atoms with Crippen LogP contribution < -0.4 is 10.6 Å². The number of thiocarbonyl (C=S) groups is 1. The predicted molar refractivity (Wildman–Crippen MR) is 116 cm³/mol. The minimum Gasteiger partial charge on any atom is -0.465 e. The van der Waals surface area contributed by atoms with E-state index in [1.54, 1.807) is 11.3 Å². The third kappa shape index (κ3) is 4.33. The van der Waals surface area contributed by atoms with Gasteiger partial charge in [-0.2, -0.15) is 0 Å². The number of hydrogen-bond acceptors (Lipinski definition) is 4. The van der Waals surface area contributed by atoms with E-state index in [1.807, 2.05) is 0 Å². The molecule has 0 saturated carbocycles. The van der Waals surface area contributed by atoms with E-state index in [1.165, 1.54) is 23.1 Å². The summed E-state index contributed by atoms with van der Waals surface area (Å²) in [6.45, 7) is 6.45. The van der Waals surface area contributed by atoms with Crippen molar-refractivity contribution in [3.63, 3.8) is 0 Å². The van der Waals surface area contributed by atoms with Gasteiger partial charge in [-0.3, -0.25) is 0 Å². The SMILES string of the molecule is COC(=O)c1c(NC(=S)NC(C)c2ccc(C(C)C)cc2)sc2c1CCC2. The van der Waals surface area contributed by atoms with E-state index in [0.717, 1.165) is 29.8 Å². The lowest BCUT2D eigenvalue weighted by Crippen LogP contribution is -2.31. The van der Waals surface area contributed by atoms with Crippen molar-refractivity contribution in [3.8, 4) is 0 Å². The minimum atomic E-state index is -0.294. The highest BCUT2D eigenvalue weighted by molar-refractivity contribution is 7.80. The van der Waals surface area contributed by atoms with Gasteiger partial charge in [-0.05, 0) is 61.0 Å². The van der Waals surface area contributed by atoms with Crippen LogP contribution in [0, 0.1) is 0 Å². The van der Waals surface area contributed by atoms with E-state index in [2.05, 4.69) is 55.7 Å². The lowest BCUT2D eigenvalue weighted by molar-refractivity contribution is 0.0601. The van der Waals surface area contributed by atoms with Crippen molar-refractivity contribution in [2.24, 2.45) is 0 Å². The first-order valence-electron chi connectivity index (χ1n) is 9.31. The Bertz CT molecular complexity index is 841. The Morgan fingerprint density at radius 1 is 1.15 bits per heavy atom. The van der Waals surface area contributed by atoms with Crippen LogP contribution in [0.3, 0.4) is 0 Å². The summed E-state index contributed by atoms with van der Waals surface area (Å²) >= 11 is 7.11. The number of rotatable bonds is 5. The second-order valence-electron chi connectivity index (χ2n) is 7.19. The largest absolute Gasteiger partial charge is 0.465 e. The summed E-state index contributed by atoms with van der Waals surface area (Å²) in [6, 6.07) is 8.66. The molecule has 27 heavy (non-hydrogen) atoms. The van der Waals surface area contributed by atoms with E-state index < -0.39 is 0 Å². The molecule has 1 aromatic carbocycles. The number of carbonyl (C=O) groups is 1. The number of methoxy groups -OCH3 is 1. The van der Waals surface area contributed by atoms with Crippen LogP contribution in [0.2, 0.25) is 0 Å². The van der Waals surface area contributed by atoms with Crippen molar-refractivity contribution in [3.05, 3.63) is 51.4 Å². The molecule has 0 saturated heterocycles. The van der Waals surface area contributed by atoms with E-state index in [4.69, 9.17) is 17.0 Å². The number of hydrogen-bond donors (Lipinski definition) is 2. The molecule has 3 rings (SSSR count). The fourth-order valence-corrected chi connectivity index (χ4v) is 5.02. The number of carbonyl (C=O) groups excluding carboxylic acids is 1. The fourth-order valence-electron chi connectivity index (χ4n) is 3.40. The average molecular weight is 403 g/mol. The molecular formula is C21H26N2O2S2. The Morgan fingerprint density at radius 2 is 1.81 bits per heavy atom. The van der Waals surface area contributed by atoms with Gasteiger partial charge in [0.05, 0.1) is 18.7 Å². The summed E-state index contributed by atoms with van der Waals surface area (Å²) in [4.78, 5) is 13.5. The number of anilines is 1. The van der Waals surface area contributed by atoms with E-state index in [9.17, 15) is 4.79 Å². The summed E-state index contributed by atoms with van der Waals surface area (Å²) in [5, 5.41) is 7.84. The van der Waals surface area contributed by atoms with Gasteiger partial charge in [-0.15, -0.1) is 11.3 Å². The topological polar surface area (TPSA) is 50.4 Å². The van der Waals surface area contributed by atoms with Crippen LogP contribution in [-0.2, 0) is 17.6 Å². The standard InChI is InChI=1S/C21H26N2O2S2/c1-12(2)14-8-10-15(11-9-14)13(3)22-21(26)23-19-18(20(24)25-4)16-6-5-7-17(16)27-19/h8-13H,5-7H2,1-4H3,(H2,22,23,26). The third-order valence-electron chi connectivity index (χ3n) is 4.99. The smallest absolute Gasteiger partial charge is 0.341 e. The fraction of sp³-hybridized carbons (Fsp3) is 0.429. The molecule has 0 fully saturated rings. The molecule has 144 valence electrons. The summed E-state index contributed by atoms with van der Waals surface area (Å²) in [6.07, 6.45) is 3.04. The summed E-state index contributed by atoms with van der Waals surface area (Å²) in [7, 11) is 1.42. The van der Waals surface area contributed by atoms with Crippen molar-refractivity contribution in [2.45, 2.75) is 52.0 Å². The normalized spacial score (nSPS) is 14.0. The molecule has 4 nitrogen and oxygen atoms in total. The van der Waals surface area contributed by atoms with Crippen LogP contribution in [0.4, 0.5) is 5.00 Å². The molecule has 1 unspecified atom stereocenters. The van der Waals surface area contributed by atoms with Gasteiger partial charge in [-0.1, -0.05) is 38.1 Å². The predicted octanol–water partition coefficient (Wildman–Crippen LogP) is 5.19. The highest BCUT2D eigenvalue weighted by atomic mass is 32.1. The molecule has 6 heteroatoms. The highest BCUT2D eigenvalue weighted by Crippen LogP contribution is 2.39. The van der Waals surface area contributed by atoms with Crippen LogP contribution >= 0.6 is 23.6 Å². The molecule has 0 amide bonds. The number of thiophene rings is 1. The molecule has 1 heterocycles. The molecule has 2 N–H and O–H groups in total. The van der Waals surface area contributed by atoms with E-state index in [-0.39, 0.29) is 12.0 Å². The maximum atomic E-state index is 12.2. The van der Waals surface area contributed by atoms with Gasteiger partial charge in [0.1, 0.15) is 5.00 Å². The first-order chi connectivity index (χ1) is 12.9. The van der Waals surface area contributed by atoms with Crippen LogP contribution in [0.1, 0.15) is 71.1 Å². The van der Waals surface area contributed by atoms with Gasteiger partial charge in [0.2, 0.25) is 0 Å². The van der Waals surface area contributed by atoms with Gasteiger partial charge in [-0.25, -0.2) is 4.79 Å². The molecule has 1 aliphatic rings. The number of ether oxygens (including phenoxy) is 1. The molecule has 1 aromatic heterocycles. The lowest BCUT2D eigenvalue weighted by Gasteiger charge is -2.18. The van der Waals surface area contributed by atoms with Crippen LogP contribution in [-0.4, -0.2) is 18.2 Å². The van der Waals surface area contributed by atoms with Gasteiger partial charge >= 0.3 is 5.97 Å². The van der Waals surface area contributed by atoms with Gasteiger partial charge in [0, 0.05) is 4.88 Å². The van der Waals surface area contributed by atoms with Crippen molar-refractivity contribution in [1.29, 1.82) is 0 Å². The first-order valence-corrected chi connectivity index (χ1v) is 10.5. The molecule has 0 radical (unpaired) electrons. The van der Waals surface area contributed by atoms with Gasteiger partial charge < -0.3 is 15.4 Å². The summed E-state index contributed by atoms with van der Waals surface area (Å²) in [5.74, 6) is 0.222. The Hall–Kier alpha value is -1.92. The zero-order valence-electron chi connectivity index (χ0n) is 16.2. The first kappa shape index (κ1) is 19.8. The summed E-state index contributed by atoms with van der Waals surface area (Å²) in [5.41, 5.74) is 4.26. The monoisotopic (exact) mass is 402 g/mol. The maximum Gasteiger partial charge on any atom is 0.341 e. The maximum absolute atomic E-state index is 12.2. The number of nitrogens with one attached hydrogen (secondary N) is 2. The number of esters is 1. The van der Waals surface area contributed by atoms with Crippen LogP contribution in [0.25, 0.3) is 0 Å². The quantitative estimate of drug-likeness (QED) is 0.532. The molecule has 0 aliphatic heterocycles. The van der Waals surface area contributed by atoms with Gasteiger partial charge in [0.25, 0.3) is 0 Å². The molecule has 1 aliphatic carbocycles. The van der Waals surface area contributed by atoms with Crippen LogP contribution in [0.15, 0.2) is 24.3 Å². The minimum absolute atomic E-state index is 0.0691. The Labute approximate surface area is 170 Å². The van der Waals surface area contributed by atoms with Crippen molar-refractivity contribution >= 4 is 39.6 Å². The Morgan fingerprint density at radius 3 is 2.44 bits per heavy atom. The van der Waals surface area contributed by atoms with Gasteiger partial charge in [0.15, 0.2) is 5.11 Å². The summed E-state index contributed by atoms with van der Waals surface area (Å²) < 4.78 is 4.99. The average Bonchev–Trinajstić information content (AvgIpc) is 3.21. The van der Waals surface area contributed by atoms with E-state index >= 15 is 0 Å². The van der Waals surface area contributed by atoms with E-state index in [0.29, 0.717) is 16.6 Å². The van der Waals surface area contributed by atoms with Crippen molar-refractivity contribution < 1.29 is 9.53 Å². The molecule has 0 bridgehead atoms. The number of fused-ring (bicyclic) bond motifs is 1. The second-order valence-corrected chi connectivity index (χ2v) is 8.71. The number of benzene rings is 1. The third-order valence-corrected chi connectivity index (χ3v) is 6.42. The zero-order chi connectivity index (χ0) is 19.6. The Balaban J connectivity index is 1.70. The number of aryl methyl sites for hydroxylation is 1. The highest BCUT2D eigenvalue weighted by Gasteiger charge is 2.27. The van der Waals surface area contributed by atoms with Crippen LogP contribution in [0.5, 0.6) is 0 Å².